The summed E-state index contributed by atoms with van der Waals surface area (Å²) in [6, 6.07) is 11.9. The summed E-state index contributed by atoms with van der Waals surface area (Å²) in [6.07, 6.45) is 0.107. The highest BCUT2D eigenvalue weighted by Crippen LogP contribution is 2.31. The number of nitrogens with one attached hydrogen (secondary N) is 2. The zero-order chi connectivity index (χ0) is 19.8. The maximum Gasteiger partial charge on any atom is 0.248 e. The van der Waals surface area contributed by atoms with Gasteiger partial charge in [0, 0.05) is 34.1 Å². The monoisotopic (exact) mass is 441 g/mol. The fourth-order valence-electron chi connectivity index (χ4n) is 3.23. The van der Waals surface area contributed by atoms with Gasteiger partial charge in [0.05, 0.1) is 11.4 Å². The van der Waals surface area contributed by atoms with Crippen LogP contribution in [0.2, 0.25) is 0 Å². The molecule has 142 valence electrons. The van der Waals surface area contributed by atoms with Crippen molar-refractivity contribution >= 4 is 56.1 Å². The molecule has 1 atom stereocenters. The quantitative estimate of drug-likeness (QED) is 0.575. The van der Waals surface area contributed by atoms with Crippen molar-refractivity contribution < 1.29 is 14.4 Å². The van der Waals surface area contributed by atoms with Crippen LogP contribution in [-0.4, -0.2) is 34.5 Å². The van der Waals surface area contributed by atoms with E-state index in [9.17, 15) is 14.4 Å². The van der Waals surface area contributed by atoms with Crippen molar-refractivity contribution in [1.29, 1.82) is 0 Å². The maximum atomic E-state index is 12.6. The van der Waals surface area contributed by atoms with E-state index in [2.05, 4.69) is 31.4 Å². The Morgan fingerprint density at radius 1 is 1.21 bits per heavy atom. The summed E-state index contributed by atoms with van der Waals surface area (Å²) in [5.74, 6) is -0.918. The molecule has 1 saturated heterocycles. The Balaban J connectivity index is 1.49. The highest BCUT2D eigenvalue weighted by atomic mass is 79.9. The van der Waals surface area contributed by atoms with Gasteiger partial charge in [-0.25, -0.2) is 0 Å². The molecule has 8 nitrogen and oxygen atoms in total. The number of nitrogens with two attached hydrogens (primary N) is 1. The van der Waals surface area contributed by atoms with Crippen LogP contribution < -0.4 is 16.0 Å². The van der Waals surface area contributed by atoms with Crippen LogP contribution in [0.15, 0.2) is 46.9 Å². The van der Waals surface area contributed by atoms with Crippen LogP contribution in [0.25, 0.3) is 10.9 Å². The van der Waals surface area contributed by atoms with E-state index in [4.69, 9.17) is 5.73 Å². The predicted octanol–water partition coefficient (Wildman–Crippen LogP) is 2.42. The number of anilines is 2. The zero-order valence-electron chi connectivity index (χ0n) is 14.6. The molecule has 4 rings (SSSR count). The summed E-state index contributed by atoms with van der Waals surface area (Å²) in [5, 5.41) is 10.8. The number of fused-ring (bicyclic) bond motifs is 1. The summed E-state index contributed by atoms with van der Waals surface area (Å²) in [5.41, 5.74) is 6.91. The Labute approximate surface area is 168 Å². The highest BCUT2D eigenvalue weighted by Gasteiger charge is 2.36. The normalized spacial score (nSPS) is 16.5. The van der Waals surface area contributed by atoms with Gasteiger partial charge in [-0.2, -0.15) is 5.10 Å². The van der Waals surface area contributed by atoms with Crippen molar-refractivity contribution in [3.63, 3.8) is 0 Å². The van der Waals surface area contributed by atoms with Crippen molar-refractivity contribution in [3.8, 4) is 0 Å². The number of rotatable bonds is 4. The van der Waals surface area contributed by atoms with Gasteiger partial charge in [-0.05, 0) is 42.5 Å². The maximum absolute atomic E-state index is 12.6. The lowest BCUT2D eigenvalue weighted by molar-refractivity contribution is -0.122. The first-order valence-corrected chi connectivity index (χ1v) is 9.36. The Kier molecular flexibility index (Phi) is 4.60. The number of hydrogen-bond donors (Lipinski definition) is 3. The first-order valence-electron chi connectivity index (χ1n) is 8.57. The molecular formula is C19H16BrN5O3. The third-order valence-electron chi connectivity index (χ3n) is 4.69. The number of H-pyrrole nitrogens is 1. The predicted molar refractivity (Wildman–Crippen MR) is 108 cm³/mol. The van der Waals surface area contributed by atoms with Gasteiger partial charge in [0.25, 0.3) is 0 Å². The van der Waals surface area contributed by atoms with Crippen molar-refractivity contribution in [2.24, 2.45) is 11.7 Å². The molecule has 3 amide bonds. The van der Waals surface area contributed by atoms with Gasteiger partial charge in [0.2, 0.25) is 17.7 Å². The van der Waals surface area contributed by atoms with Crippen LogP contribution in [0.1, 0.15) is 16.8 Å². The molecule has 0 bridgehead atoms. The lowest BCUT2D eigenvalue weighted by Crippen LogP contribution is -2.28. The van der Waals surface area contributed by atoms with E-state index < -0.39 is 11.8 Å². The number of amides is 3. The van der Waals surface area contributed by atoms with E-state index in [1.807, 2.05) is 18.2 Å². The van der Waals surface area contributed by atoms with Crippen molar-refractivity contribution in [1.82, 2.24) is 10.2 Å². The second kappa shape index (κ2) is 7.08. The van der Waals surface area contributed by atoms with Crippen LogP contribution in [0.5, 0.6) is 0 Å². The van der Waals surface area contributed by atoms with Crippen molar-refractivity contribution in [2.75, 3.05) is 16.8 Å². The van der Waals surface area contributed by atoms with Gasteiger partial charge in [-0.15, -0.1) is 0 Å². The number of primary amides is 1. The second-order valence-corrected chi connectivity index (χ2v) is 7.49. The van der Waals surface area contributed by atoms with Gasteiger partial charge in [-0.3, -0.25) is 24.4 Å². The number of benzene rings is 2. The van der Waals surface area contributed by atoms with Crippen LogP contribution in [0.4, 0.5) is 11.5 Å². The first-order chi connectivity index (χ1) is 13.4. The molecule has 0 radical (unpaired) electrons. The van der Waals surface area contributed by atoms with E-state index >= 15 is 0 Å². The minimum atomic E-state index is -0.534. The summed E-state index contributed by atoms with van der Waals surface area (Å²) >= 11 is 3.40. The number of nitrogens with zero attached hydrogens (tertiary/aromatic N) is 2. The summed E-state index contributed by atoms with van der Waals surface area (Å²) in [4.78, 5) is 37.7. The van der Waals surface area contributed by atoms with Crippen LogP contribution in [0, 0.1) is 5.92 Å². The fourth-order valence-corrected chi connectivity index (χ4v) is 3.59. The Bertz CT molecular complexity index is 1090. The number of halogens is 1. The molecule has 4 N–H and O–H groups in total. The van der Waals surface area contributed by atoms with Crippen LogP contribution in [-0.2, 0) is 9.59 Å². The van der Waals surface area contributed by atoms with Crippen molar-refractivity contribution in [3.05, 3.63) is 52.5 Å². The highest BCUT2D eigenvalue weighted by molar-refractivity contribution is 9.10. The van der Waals surface area contributed by atoms with Crippen molar-refractivity contribution in [2.45, 2.75) is 6.42 Å². The molecule has 28 heavy (non-hydrogen) atoms. The number of aromatic amines is 1. The molecule has 9 heteroatoms. The fraction of sp³-hybridized carbons (Fsp3) is 0.158. The average molecular weight is 442 g/mol. The molecule has 1 fully saturated rings. The average Bonchev–Trinajstić information content (AvgIpc) is 3.25. The minimum absolute atomic E-state index is 0.107. The molecule has 2 heterocycles. The molecular weight excluding hydrogens is 426 g/mol. The third-order valence-corrected chi connectivity index (χ3v) is 5.19. The van der Waals surface area contributed by atoms with Gasteiger partial charge >= 0.3 is 0 Å². The standard InChI is InChI=1S/C19H16BrN5O3/c20-12-3-6-14-15(8-12)23-24-18(14)25-9-11(7-16(25)26)19(28)22-13-4-1-10(2-5-13)17(21)27/h1-6,8,11H,7,9H2,(H2,21,27)(H,22,28)(H,23,24). The van der Waals surface area contributed by atoms with E-state index in [0.29, 0.717) is 17.1 Å². The molecule has 3 aromatic rings. The number of hydrogen-bond acceptors (Lipinski definition) is 4. The smallest absolute Gasteiger partial charge is 0.248 e. The molecule has 1 aliphatic heterocycles. The van der Waals surface area contributed by atoms with E-state index in [1.165, 1.54) is 17.0 Å². The molecule has 1 aliphatic rings. The number of aromatic nitrogens is 2. The first kappa shape index (κ1) is 18.2. The van der Waals surface area contributed by atoms with Crippen LogP contribution in [0.3, 0.4) is 0 Å². The summed E-state index contributed by atoms with van der Waals surface area (Å²) in [6.45, 7) is 0.250. The largest absolute Gasteiger partial charge is 0.366 e. The minimum Gasteiger partial charge on any atom is -0.366 e. The number of carbonyl (C=O) groups excluding carboxylic acids is 3. The second-order valence-electron chi connectivity index (χ2n) is 6.57. The Hall–Kier alpha value is -3.20. The van der Waals surface area contributed by atoms with E-state index in [-0.39, 0.29) is 24.8 Å². The van der Waals surface area contributed by atoms with Gasteiger partial charge in [0.15, 0.2) is 5.82 Å². The zero-order valence-corrected chi connectivity index (χ0v) is 16.2. The molecule has 0 spiro atoms. The SMILES string of the molecule is NC(=O)c1ccc(NC(=O)C2CC(=O)N(c3n[nH]c4cc(Br)ccc34)C2)cc1. The van der Waals surface area contributed by atoms with E-state index in [1.54, 1.807) is 12.1 Å². The topological polar surface area (TPSA) is 121 Å². The lowest BCUT2D eigenvalue weighted by atomic mass is 10.1. The number of carbonyl (C=O) groups is 3. The lowest BCUT2D eigenvalue weighted by Gasteiger charge is -2.14. The molecule has 1 aromatic heterocycles. The Morgan fingerprint density at radius 2 is 1.96 bits per heavy atom. The van der Waals surface area contributed by atoms with Gasteiger partial charge in [0.1, 0.15) is 0 Å². The summed E-state index contributed by atoms with van der Waals surface area (Å²) < 4.78 is 0.905. The van der Waals surface area contributed by atoms with Gasteiger partial charge in [-0.1, -0.05) is 15.9 Å². The van der Waals surface area contributed by atoms with E-state index in [0.717, 1.165) is 15.4 Å². The molecule has 1 unspecified atom stereocenters. The summed E-state index contributed by atoms with van der Waals surface area (Å²) in [7, 11) is 0. The molecule has 0 saturated carbocycles. The van der Waals surface area contributed by atoms with Gasteiger partial charge < -0.3 is 11.1 Å². The molecule has 2 aromatic carbocycles. The Morgan fingerprint density at radius 3 is 2.68 bits per heavy atom. The van der Waals surface area contributed by atoms with Crippen LogP contribution >= 0.6 is 15.9 Å². The molecule has 0 aliphatic carbocycles. The third kappa shape index (κ3) is 3.36.